The van der Waals surface area contributed by atoms with Crippen LogP contribution in [0.25, 0.3) is 5.57 Å². The predicted octanol–water partition coefficient (Wildman–Crippen LogP) is 3.49. The number of nitrogens with zero attached hydrogens (tertiary/aromatic N) is 3. The first-order valence-corrected chi connectivity index (χ1v) is 9.78. The molecule has 6 heteroatoms. The van der Waals surface area contributed by atoms with E-state index in [1.807, 2.05) is 21.7 Å². The van der Waals surface area contributed by atoms with Crippen LogP contribution in [0.3, 0.4) is 0 Å². The van der Waals surface area contributed by atoms with E-state index in [1.165, 1.54) is 0 Å². The summed E-state index contributed by atoms with van der Waals surface area (Å²) in [6, 6.07) is 0. The minimum Gasteiger partial charge on any atom is -0.378 e. The quantitative estimate of drug-likeness (QED) is 0.780. The number of hydrogen-bond acceptors (Lipinski definition) is 4. The van der Waals surface area contributed by atoms with Crippen LogP contribution >= 0.6 is 11.8 Å². The minimum atomic E-state index is 0.0147. The topological polar surface area (TPSA) is 47.4 Å². The normalized spacial score (nSPS) is 17.4. The fraction of sp³-hybridized carbons (Fsp3) is 0.474. The van der Waals surface area contributed by atoms with Crippen LogP contribution in [0.15, 0.2) is 30.2 Å². The van der Waals surface area contributed by atoms with E-state index in [-0.39, 0.29) is 5.91 Å². The third-order valence-corrected chi connectivity index (χ3v) is 5.69. The van der Waals surface area contributed by atoms with Crippen molar-refractivity contribution >= 4 is 23.2 Å². The number of allylic oxidation sites excluding steroid dienone is 3. The Bertz CT molecular complexity index is 714. The number of carbonyl (C=O) groups is 1. The highest BCUT2D eigenvalue weighted by atomic mass is 32.2. The van der Waals surface area contributed by atoms with Gasteiger partial charge in [-0.25, -0.2) is 0 Å². The van der Waals surface area contributed by atoms with Crippen molar-refractivity contribution < 1.29 is 9.53 Å². The lowest BCUT2D eigenvalue weighted by Gasteiger charge is -2.26. The van der Waals surface area contributed by atoms with E-state index in [9.17, 15) is 4.79 Å². The van der Waals surface area contributed by atoms with Gasteiger partial charge in [0, 0.05) is 41.4 Å². The van der Waals surface area contributed by atoms with Gasteiger partial charge in [-0.05, 0) is 6.42 Å². The summed E-state index contributed by atoms with van der Waals surface area (Å²) >= 11 is 1.70. The van der Waals surface area contributed by atoms with Gasteiger partial charge in [-0.2, -0.15) is 5.10 Å². The molecule has 5 nitrogen and oxygen atoms in total. The largest absolute Gasteiger partial charge is 0.378 e. The highest BCUT2D eigenvalue weighted by Gasteiger charge is 2.31. The van der Waals surface area contributed by atoms with Crippen molar-refractivity contribution in [2.24, 2.45) is 0 Å². The van der Waals surface area contributed by atoms with Crippen molar-refractivity contribution in [3.63, 3.8) is 0 Å². The molecule has 3 rings (SSSR count). The molecule has 0 unspecified atom stereocenters. The summed E-state index contributed by atoms with van der Waals surface area (Å²) in [6.45, 7) is 13.3. The van der Waals surface area contributed by atoms with Crippen LogP contribution in [0.4, 0.5) is 0 Å². The average molecular weight is 359 g/mol. The third-order valence-electron chi connectivity index (χ3n) is 4.56. The van der Waals surface area contributed by atoms with Gasteiger partial charge in [-0.15, -0.1) is 11.8 Å². The lowest BCUT2D eigenvalue weighted by molar-refractivity contribution is 0.0298. The van der Waals surface area contributed by atoms with Crippen LogP contribution < -0.4 is 0 Å². The second-order valence-electron chi connectivity index (χ2n) is 6.13. The maximum absolute atomic E-state index is 13.0. The maximum Gasteiger partial charge on any atom is 0.274 e. The zero-order valence-electron chi connectivity index (χ0n) is 14.8. The van der Waals surface area contributed by atoms with Crippen LogP contribution in [0.2, 0.25) is 0 Å². The van der Waals surface area contributed by atoms with Crippen molar-refractivity contribution in [2.45, 2.75) is 32.1 Å². The molecule has 0 spiro atoms. The molecule has 1 saturated heterocycles. The van der Waals surface area contributed by atoms with E-state index in [0.29, 0.717) is 32.0 Å². The number of aromatic nitrogens is 2. The molecular weight excluding hydrogens is 334 g/mol. The average Bonchev–Trinajstić information content (AvgIpc) is 3.04. The third kappa shape index (κ3) is 3.46. The first-order valence-electron chi connectivity index (χ1n) is 8.80. The molecule has 2 aliphatic heterocycles. The molecule has 0 aliphatic carbocycles. The number of morpholine rings is 1. The standard InChI is InChI=1S/C19H25N3O2S/c1-4-7-8-22-18-14(5-2)16(6-3)25-13-15(18)17(20-22)19(23)21-9-11-24-12-10-21/h5-6H,2-4,7-13H2,1H3. The zero-order chi connectivity index (χ0) is 17.8. The molecule has 0 saturated carbocycles. The van der Waals surface area contributed by atoms with Gasteiger partial charge >= 0.3 is 0 Å². The van der Waals surface area contributed by atoms with Crippen molar-refractivity contribution in [3.8, 4) is 0 Å². The Kier molecular flexibility index (Phi) is 5.81. The van der Waals surface area contributed by atoms with E-state index in [0.717, 1.165) is 46.9 Å². The van der Waals surface area contributed by atoms with Gasteiger partial charge in [0.05, 0.1) is 18.9 Å². The van der Waals surface area contributed by atoms with Gasteiger partial charge < -0.3 is 9.64 Å². The van der Waals surface area contributed by atoms with Gasteiger partial charge in [0.25, 0.3) is 5.91 Å². The Labute approximate surface area is 153 Å². The molecular formula is C19H25N3O2S. The Balaban J connectivity index is 2.05. The Morgan fingerprint density at radius 2 is 2.08 bits per heavy atom. The molecule has 0 bridgehead atoms. The smallest absolute Gasteiger partial charge is 0.274 e. The minimum absolute atomic E-state index is 0.0147. The first kappa shape index (κ1) is 18.0. The van der Waals surface area contributed by atoms with Gasteiger partial charge in [0.15, 0.2) is 5.69 Å². The van der Waals surface area contributed by atoms with Gasteiger partial charge in [0.1, 0.15) is 0 Å². The van der Waals surface area contributed by atoms with E-state index in [2.05, 4.69) is 20.1 Å². The molecule has 3 heterocycles. The summed E-state index contributed by atoms with van der Waals surface area (Å²) in [6.07, 6.45) is 5.83. The lowest BCUT2D eigenvalue weighted by atomic mass is 10.0. The Hall–Kier alpha value is -1.79. The number of unbranched alkanes of at least 4 members (excludes halogenated alkanes) is 1. The summed E-state index contributed by atoms with van der Waals surface area (Å²) in [4.78, 5) is 16.0. The van der Waals surface area contributed by atoms with Crippen molar-refractivity contribution in [3.05, 3.63) is 47.2 Å². The number of fused-ring (bicyclic) bond motifs is 1. The van der Waals surface area contributed by atoms with Crippen LogP contribution in [0.5, 0.6) is 0 Å². The molecule has 1 amide bonds. The summed E-state index contributed by atoms with van der Waals surface area (Å²) in [5.41, 5.74) is 3.68. The van der Waals surface area contributed by atoms with E-state index in [4.69, 9.17) is 9.84 Å². The first-order chi connectivity index (χ1) is 12.2. The van der Waals surface area contributed by atoms with Crippen LogP contribution in [-0.4, -0.2) is 46.9 Å². The second-order valence-corrected chi connectivity index (χ2v) is 7.15. The number of ether oxygens (including phenoxy) is 1. The summed E-state index contributed by atoms with van der Waals surface area (Å²) < 4.78 is 7.36. The number of thioether (sulfide) groups is 1. The van der Waals surface area contributed by atoms with Crippen LogP contribution in [-0.2, 0) is 17.0 Å². The number of amides is 1. The number of carbonyl (C=O) groups excluding carboxylic acids is 1. The molecule has 25 heavy (non-hydrogen) atoms. The maximum atomic E-state index is 13.0. The highest BCUT2D eigenvalue weighted by molar-refractivity contribution is 8.02. The number of rotatable bonds is 6. The summed E-state index contributed by atoms with van der Waals surface area (Å²) in [7, 11) is 0. The monoisotopic (exact) mass is 359 g/mol. The van der Waals surface area contributed by atoms with Crippen molar-refractivity contribution in [2.75, 3.05) is 26.3 Å². The summed E-state index contributed by atoms with van der Waals surface area (Å²) in [5, 5.41) is 4.73. The second kappa shape index (κ2) is 8.06. The molecule has 0 radical (unpaired) electrons. The Morgan fingerprint density at radius 1 is 1.32 bits per heavy atom. The van der Waals surface area contributed by atoms with Crippen LogP contribution in [0, 0.1) is 0 Å². The van der Waals surface area contributed by atoms with E-state index in [1.54, 1.807) is 11.8 Å². The molecule has 2 aliphatic rings. The molecule has 0 N–H and O–H groups in total. The zero-order valence-corrected chi connectivity index (χ0v) is 15.6. The van der Waals surface area contributed by atoms with Crippen molar-refractivity contribution in [1.82, 2.24) is 14.7 Å². The van der Waals surface area contributed by atoms with Gasteiger partial charge in [0.2, 0.25) is 0 Å². The fourth-order valence-corrected chi connectivity index (χ4v) is 4.23. The highest BCUT2D eigenvalue weighted by Crippen LogP contribution is 2.40. The van der Waals surface area contributed by atoms with Gasteiger partial charge in [-0.1, -0.05) is 38.7 Å². The predicted molar refractivity (Wildman–Crippen MR) is 102 cm³/mol. The molecule has 1 aromatic rings. The molecule has 134 valence electrons. The molecule has 0 aromatic carbocycles. The van der Waals surface area contributed by atoms with Crippen LogP contribution in [0.1, 0.15) is 41.5 Å². The molecule has 1 fully saturated rings. The SMILES string of the molecule is C=CC1=C(C=C)c2c(c(C(=O)N3CCOCC3)nn2CCCC)CS1. The lowest BCUT2D eigenvalue weighted by Crippen LogP contribution is -2.41. The van der Waals surface area contributed by atoms with E-state index >= 15 is 0 Å². The summed E-state index contributed by atoms with van der Waals surface area (Å²) in [5.74, 6) is 0.756. The molecule has 0 atom stereocenters. The van der Waals surface area contributed by atoms with E-state index < -0.39 is 0 Å². The number of hydrogen-bond donors (Lipinski definition) is 0. The number of aryl methyl sites for hydroxylation is 1. The fourth-order valence-electron chi connectivity index (χ4n) is 3.21. The van der Waals surface area contributed by atoms with Gasteiger partial charge in [-0.3, -0.25) is 9.48 Å². The van der Waals surface area contributed by atoms with Crippen molar-refractivity contribution in [1.29, 1.82) is 0 Å². The Morgan fingerprint density at radius 3 is 2.72 bits per heavy atom. The molecule has 1 aromatic heterocycles.